The van der Waals surface area contributed by atoms with Crippen LogP contribution in [0.5, 0.6) is 0 Å². The maximum absolute atomic E-state index is 11.4. The van der Waals surface area contributed by atoms with E-state index in [-0.39, 0.29) is 12.6 Å². The Morgan fingerprint density at radius 2 is 1.62 bits per heavy atom. The molecule has 0 aliphatic carbocycles. The first-order valence-electron chi connectivity index (χ1n) is 10.9. The lowest BCUT2D eigenvalue weighted by atomic mass is 9.98. The fourth-order valence-corrected chi connectivity index (χ4v) is 2.99. The van der Waals surface area contributed by atoms with Gasteiger partial charge in [-0.1, -0.05) is 88.9 Å². The van der Waals surface area contributed by atoms with Crippen molar-refractivity contribution in [2.45, 2.75) is 46.5 Å². The molecule has 3 rings (SSSR count). The zero-order chi connectivity index (χ0) is 24.3. The van der Waals surface area contributed by atoms with Crippen molar-refractivity contribution in [3.05, 3.63) is 103 Å². The minimum absolute atomic E-state index is 0.0833. The highest BCUT2D eigenvalue weighted by molar-refractivity contribution is 6.03. The van der Waals surface area contributed by atoms with Crippen LogP contribution >= 0.6 is 0 Å². The van der Waals surface area contributed by atoms with Crippen LogP contribution in [-0.4, -0.2) is 17.7 Å². The molecule has 0 amide bonds. The summed E-state index contributed by atoms with van der Waals surface area (Å²) >= 11 is 0. The Bertz CT molecular complexity index is 962. The first kappa shape index (κ1) is 26.9. The van der Waals surface area contributed by atoms with Gasteiger partial charge < -0.3 is 9.84 Å². The molecule has 32 heavy (non-hydrogen) atoms. The Labute approximate surface area is 193 Å². The first-order chi connectivity index (χ1) is 15.2. The molecule has 2 aromatic carbocycles. The summed E-state index contributed by atoms with van der Waals surface area (Å²) in [5.41, 5.74) is 7.28. The van der Waals surface area contributed by atoms with E-state index in [1.54, 1.807) is 6.07 Å². The molecule has 1 heterocycles. The van der Waals surface area contributed by atoms with E-state index in [0.29, 0.717) is 17.2 Å². The lowest BCUT2D eigenvalue weighted by molar-refractivity contribution is 0.0716. The highest BCUT2D eigenvalue weighted by Crippen LogP contribution is 2.31. The number of carbonyl (C=O) groups excluding carboxylic acids is 1. The summed E-state index contributed by atoms with van der Waals surface area (Å²) in [6, 6.07) is 14.3. The van der Waals surface area contributed by atoms with E-state index in [9.17, 15) is 4.79 Å². The molecule has 0 saturated heterocycles. The van der Waals surface area contributed by atoms with Gasteiger partial charge in [0.15, 0.2) is 0 Å². The van der Waals surface area contributed by atoms with Gasteiger partial charge in [0.25, 0.3) is 0 Å². The topological polar surface area (TPSA) is 46.5 Å². The maximum Gasteiger partial charge on any atom is 0.344 e. The number of fused-ring (bicyclic) bond motifs is 1. The third-order valence-electron chi connectivity index (χ3n) is 4.92. The third-order valence-corrected chi connectivity index (χ3v) is 4.92. The Morgan fingerprint density at radius 1 is 1.06 bits per heavy atom. The van der Waals surface area contributed by atoms with Crippen LogP contribution in [0.4, 0.5) is 0 Å². The first-order valence-corrected chi connectivity index (χ1v) is 10.9. The van der Waals surface area contributed by atoms with E-state index >= 15 is 0 Å². The average Bonchev–Trinajstić information content (AvgIpc) is 3.07. The summed E-state index contributed by atoms with van der Waals surface area (Å²) in [5, 5.41) is 7.76. The van der Waals surface area contributed by atoms with Crippen molar-refractivity contribution in [3.63, 3.8) is 0 Å². The quantitative estimate of drug-likeness (QED) is 0.377. The molecule has 0 aromatic heterocycles. The summed E-state index contributed by atoms with van der Waals surface area (Å²) in [6.07, 6.45) is 3.45. The number of hydrogen-bond acceptors (Lipinski definition) is 3. The van der Waals surface area contributed by atoms with Crippen LogP contribution in [0, 0.1) is 0 Å². The summed E-state index contributed by atoms with van der Waals surface area (Å²) in [6.45, 7) is 23.5. The molecular formula is C29H36O3. The molecule has 170 valence electrons. The second-order valence-electron chi connectivity index (χ2n) is 7.95. The smallest absolute Gasteiger partial charge is 0.344 e. The van der Waals surface area contributed by atoms with Crippen molar-refractivity contribution < 1.29 is 14.6 Å². The van der Waals surface area contributed by atoms with Gasteiger partial charge in [0.1, 0.15) is 5.76 Å². The number of aliphatic hydroxyl groups is 1. The lowest BCUT2D eigenvalue weighted by Crippen LogP contribution is -1.93. The Balaban J connectivity index is 0.000000283. The Morgan fingerprint density at radius 3 is 2.09 bits per heavy atom. The number of benzene rings is 2. The molecule has 3 heteroatoms. The second kappa shape index (κ2) is 13.3. The molecule has 0 spiro atoms. The Hall–Kier alpha value is -3.17. The van der Waals surface area contributed by atoms with Gasteiger partial charge in [0, 0.05) is 5.56 Å². The van der Waals surface area contributed by atoms with Gasteiger partial charge in [-0.05, 0) is 53.7 Å². The van der Waals surface area contributed by atoms with Crippen molar-refractivity contribution in [2.75, 3.05) is 6.61 Å². The van der Waals surface area contributed by atoms with E-state index in [1.807, 2.05) is 19.1 Å². The molecule has 0 fully saturated rings. The van der Waals surface area contributed by atoms with Crippen LogP contribution in [0.3, 0.4) is 0 Å². The van der Waals surface area contributed by atoms with Crippen LogP contribution in [0.15, 0.2) is 74.9 Å². The number of hydrogen-bond donors (Lipinski definition) is 1. The van der Waals surface area contributed by atoms with Gasteiger partial charge >= 0.3 is 5.97 Å². The number of cyclic esters (lactones) is 1. The van der Waals surface area contributed by atoms with E-state index in [2.05, 4.69) is 71.4 Å². The SMILES string of the molecule is C=C(C)c1ccc(C(C)C)cc1.C=C(CCC)c1ccc2c(c1)C(=C)OC2=O.C=CCO. The fourth-order valence-electron chi connectivity index (χ4n) is 2.99. The highest BCUT2D eigenvalue weighted by Gasteiger charge is 2.25. The van der Waals surface area contributed by atoms with Crippen molar-refractivity contribution in [3.8, 4) is 0 Å². The molecule has 0 bridgehead atoms. The number of esters is 1. The largest absolute Gasteiger partial charge is 0.423 e. The zero-order valence-electron chi connectivity index (χ0n) is 19.9. The summed E-state index contributed by atoms with van der Waals surface area (Å²) in [7, 11) is 0. The summed E-state index contributed by atoms with van der Waals surface area (Å²) < 4.78 is 4.96. The second-order valence-corrected chi connectivity index (χ2v) is 7.95. The molecule has 0 radical (unpaired) electrons. The maximum atomic E-state index is 11.4. The van der Waals surface area contributed by atoms with Crippen molar-refractivity contribution >= 4 is 22.9 Å². The van der Waals surface area contributed by atoms with Gasteiger partial charge in [0.05, 0.1) is 12.2 Å². The van der Waals surface area contributed by atoms with E-state index in [4.69, 9.17) is 9.84 Å². The summed E-state index contributed by atoms with van der Waals surface area (Å²) in [4.78, 5) is 11.4. The third kappa shape index (κ3) is 7.82. The molecule has 2 aromatic rings. The Kier molecular flexibility index (Phi) is 11.2. The van der Waals surface area contributed by atoms with Gasteiger partial charge in [-0.3, -0.25) is 0 Å². The minimum Gasteiger partial charge on any atom is -0.423 e. The van der Waals surface area contributed by atoms with Crippen molar-refractivity contribution in [1.82, 2.24) is 0 Å². The van der Waals surface area contributed by atoms with E-state index in [0.717, 1.165) is 35.1 Å². The molecule has 0 atom stereocenters. The number of rotatable bonds is 6. The fraction of sp³-hybridized carbons (Fsp3) is 0.276. The molecule has 3 nitrogen and oxygen atoms in total. The number of carbonyl (C=O) groups is 1. The molecular weight excluding hydrogens is 396 g/mol. The highest BCUT2D eigenvalue weighted by atomic mass is 16.5. The van der Waals surface area contributed by atoms with Crippen LogP contribution in [0.25, 0.3) is 16.9 Å². The van der Waals surface area contributed by atoms with Crippen molar-refractivity contribution in [1.29, 1.82) is 0 Å². The van der Waals surface area contributed by atoms with Crippen LogP contribution in [0.2, 0.25) is 0 Å². The molecule has 1 aliphatic heterocycles. The normalized spacial score (nSPS) is 11.4. The number of allylic oxidation sites excluding steroid dienone is 2. The van der Waals surface area contributed by atoms with Crippen LogP contribution < -0.4 is 0 Å². The van der Waals surface area contributed by atoms with Gasteiger partial charge in [-0.15, -0.1) is 6.58 Å². The van der Waals surface area contributed by atoms with Crippen LogP contribution in [-0.2, 0) is 4.74 Å². The summed E-state index contributed by atoms with van der Waals surface area (Å²) in [5.74, 6) is 0.739. The monoisotopic (exact) mass is 432 g/mol. The van der Waals surface area contributed by atoms with Gasteiger partial charge in [-0.2, -0.15) is 0 Å². The standard InChI is InChI=1S/C14H14O2.C12H16.C3H6O/c1-4-5-9(2)11-6-7-12-13(8-11)10(3)16-14(12)15;1-9(2)11-5-7-12(8-6-11)10(3)4;1-2-3-4/h6-8H,2-5H2,1H3;5-8,10H,1H2,2-4H3;2,4H,1,3H2. The minimum atomic E-state index is -0.312. The number of aliphatic hydroxyl groups excluding tert-OH is 1. The predicted molar refractivity (Wildman–Crippen MR) is 137 cm³/mol. The zero-order valence-corrected chi connectivity index (χ0v) is 19.9. The molecule has 0 saturated carbocycles. The van der Waals surface area contributed by atoms with Gasteiger partial charge in [0.2, 0.25) is 0 Å². The lowest BCUT2D eigenvalue weighted by Gasteiger charge is -2.06. The van der Waals surface area contributed by atoms with E-state index < -0.39 is 0 Å². The molecule has 1 aliphatic rings. The van der Waals surface area contributed by atoms with Gasteiger partial charge in [-0.25, -0.2) is 4.79 Å². The predicted octanol–water partition coefficient (Wildman–Crippen LogP) is 7.65. The molecule has 0 unspecified atom stereocenters. The van der Waals surface area contributed by atoms with Crippen molar-refractivity contribution in [2.24, 2.45) is 0 Å². The van der Waals surface area contributed by atoms with Crippen LogP contribution in [0.1, 0.15) is 79.1 Å². The van der Waals surface area contributed by atoms with E-state index in [1.165, 1.54) is 17.2 Å². The molecule has 1 N–H and O–H groups in total. The number of ether oxygens (including phenoxy) is 1. The average molecular weight is 433 g/mol.